The molecule has 18 heavy (non-hydrogen) atoms. The number of ether oxygens (including phenoxy) is 1. The molecule has 1 amide bonds. The molecule has 4 heteroatoms. The molecule has 1 aliphatic heterocycles. The molecule has 1 fully saturated rings. The minimum absolute atomic E-state index is 0.146. The molecule has 1 aromatic rings. The summed E-state index contributed by atoms with van der Waals surface area (Å²) in [6, 6.07) is 8.30. The minimum atomic E-state index is 0.146. The lowest BCUT2D eigenvalue weighted by Crippen LogP contribution is -2.47. The van der Waals surface area contributed by atoms with Crippen LogP contribution in [0.4, 0.5) is 0 Å². The zero-order valence-electron chi connectivity index (χ0n) is 11.0. The van der Waals surface area contributed by atoms with E-state index in [0.717, 1.165) is 25.4 Å². The number of piperazine rings is 1. The fourth-order valence-corrected chi connectivity index (χ4v) is 2.22. The Morgan fingerprint density at radius 1 is 1.44 bits per heavy atom. The first-order chi connectivity index (χ1) is 8.70. The topological polar surface area (TPSA) is 41.6 Å². The summed E-state index contributed by atoms with van der Waals surface area (Å²) in [6.07, 6.45) is 0. The number of nitrogens with one attached hydrogen (secondary N) is 1. The normalized spacial score (nSPS) is 19.7. The van der Waals surface area contributed by atoms with Crippen LogP contribution in [0.5, 0.6) is 5.75 Å². The number of carbonyl (C=O) groups is 1. The highest BCUT2D eigenvalue weighted by Gasteiger charge is 2.21. The van der Waals surface area contributed by atoms with E-state index in [1.807, 2.05) is 24.0 Å². The van der Waals surface area contributed by atoms with Gasteiger partial charge in [0.1, 0.15) is 5.75 Å². The van der Waals surface area contributed by atoms with Crippen LogP contribution in [0, 0.1) is 0 Å². The molecule has 4 nitrogen and oxygen atoms in total. The maximum atomic E-state index is 11.4. The minimum Gasteiger partial charge on any atom is -0.494 e. The van der Waals surface area contributed by atoms with Crippen molar-refractivity contribution >= 4 is 5.91 Å². The van der Waals surface area contributed by atoms with Gasteiger partial charge in [0.25, 0.3) is 0 Å². The van der Waals surface area contributed by atoms with Crippen molar-refractivity contribution in [2.75, 3.05) is 26.2 Å². The Morgan fingerprint density at radius 2 is 2.17 bits per heavy atom. The van der Waals surface area contributed by atoms with E-state index in [4.69, 9.17) is 4.74 Å². The molecule has 0 aliphatic carbocycles. The number of benzene rings is 1. The maximum Gasteiger partial charge on any atom is 0.219 e. The van der Waals surface area contributed by atoms with Crippen molar-refractivity contribution in [1.29, 1.82) is 0 Å². The Kier molecular flexibility index (Phi) is 4.20. The molecule has 0 saturated carbocycles. The van der Waals surface area contributed by atoms with E-state index in [9.17, 15) is 4.79 Å². The van der Waals surface area contributed by atoms with Crippen molar-refractivity contribution in [3.05, 3.63) is 29.8 Å². The van der Waals surface area contributed by atoms with E-state index in [-0.39, 0.29) is 11.9 Å². The van der Waals surface area contributed by atoms with E-state index in [2.05, 4.69) is 17.4 Å². The summed E-state index contributed by atoms with van der Waals surface area (Å²) in [4.78, 5) is 13.3. The van der Waals surface area contributed by atoms with Crippen LogP contribution >= 0.6 is 0 Å². The van der Waals surface area contributed by atoms with Gasteiger partial charge in [0.05, 0.1) is 6.61 Å². The Morgan fingerprint density at radius 3 is 2.78 bits per heavy atom. The number of amides is 1. The molecule has 1 unspecified atom stereocenters. The second-order valence-electron chi connectivity index (χ2n) is 4.47. The maximum absolute atomic E-state index is 11.4. The molecule has 2 rings (SSSR count). The average molecular weight is 248 g/mol. The second kappa shape index (κ2) is 5.87. The number of rotatable bonds is 3. The van der Waals surface area contributed by atoms with Gasteiger partial charge in [-0.15, -0.1) is 0 Å². The summed E-state index contributed by atoms with van der Waals surface area (Å²) in [6.45, 7) is 6.66. The van der Waals surface area contributed by atoms with Crippen molar-refractivity contribution in [3.63, 3.8) is 0 Å². The van der Waals surface area contributed by atoms with Gasteiger partial charge in [-0.1, -0.05) is 12.1 Å². The summed E-state index contributed by atoms with van der Waals surface area (Å²) in [7, 11) is 0. The molecule has 1 saturated heterocycles. The van der Waals surface area contributed by atoms with E-state index in [1.165, 1.54) is 5.56 Å². The molecule has 98 valence electrons. The lowest BCUT2D eigenvalue weighted by molar-refractivity contribution is -0.130. The summed E-state index contributed by atoms with van der Waals surface area (Å²) in [5.74, 6) is 1.04. The SMILES string of the molecule is CCOc1ccc(C2CN(C(C)=O)CCN2)cc1. The molecule has 1 atom stereocenters. The standard InChI is InChI=1S/C14H20N2O2/c1-3-18-13-6-4-12(5-7-13)14-10-16(11(2)17)9-8-15-14/h4-7,14-15H,3,8-10H2,1-2H3. The third-order valence-electron chi connectivity index (χ3n) is 3.21. The van der Waals surface area contributed by atoms with Crippen LogP contribution in [0.1, 0.15) is 25.5 Å². The molecular formula is C14H20N2O2. The van der Waals surface area contributed by atoms with E-state index >= 15 is 0 Å². The molecule has 1 aromatic carbocycles. The van der Waals surface area contributed by atoms with E-state index < -0.39 is 0 Å². The summed E-state index contributed by atoms with van der Waals surface area (Å²) >= 11 is 0. The summed E-state index contributed by atoms with van der Waals surface area (Å²) < 4.78 is 5.42. The first-order valence-corrected chi connectivity index (χ1v) is 6.42. The molecule has 0 aromatic heterocycles. The summed E-state index contributed by atoms with van der Waals surface area (Å²) in [5.41, 5.74) is 1.20. The molecule has 1 heterocycles. The van der Waals surface area contributed by atoms with Gasteiger partial charge in [0.15, 0.2) is 0 Å². The van der Waals surface area contributed by atoms with Gasteiger partial charge in [-0.3, -0.25) is 4.79 Å². The van der Waals surface area contributed by atoms with Crippen LogP contribution in [0.15, 0.2) is 24.3 Å². The Bertz CT molecular complexity index is 403. The lowest BCUT2D eigenvalue weighted by Gasteiger charge is -2.33. The average Bonchev–Trinajstić information content (AvgIpc) is 2.40. The number of hydrogen-bond donors (Lipinski definition) is 1. The van der Waals surface area contributed by atoms with E-state index in [0.29, 0.717) is 6.61 Å². The Balaban J connectivity index is 2.04. The second-order valence-corrected chi connectivity index (χ2v) is 4.47. The van der Waals surface area contributed by atoms with E-state index in [1.54, 1.807) is 6.92 Å². The third-order valence-corrected chi connectivity index (χ3v) is 3.21. The first kappa shape index (κ1) is 12.9. The smallest absolute Gasteiger partial charge is 0.219 e. The predicted octanol–water partition coefficient (Wildman–Crippen LogP) is 1.58. The third kappa shape index (κ3) is 3.01. The Hall–Kier alpha value is -1.55. The summed E-state index contributed by atoms with van der Waals surface area (Å²) in [5, 5.41) is 3.44. The molecule has 0 bridgehead atoms. The van der Waals surface area contributed by atoms with Crippen LogP contribution in [-0.4, -0.2) is 37.0 Å². The van der Waals surface area contributed by atoms with Crippen molar-refractivity contribution in [1.82, 2.24) is 10.2 Å². The van der Waals surface area contributed by atoms with Crippen LogP contribution in [0.3, 0.4) is 0 Å². The van der Waals surface area contributed by atoms with Crippen LogP contribution in [-0.2, 0) is 4.79 Å². The van der Waals surface area contributed by atoms with Gasteiger partial charge in [0.2, 0.25) is 5.91 Å². The zero-order chi connectivity index (χ0) is 13.0. The number of carbonyl (C=O) groups excluding carboxylic acids is 1. The fourth-order valence-electron chi connectivity index (χ4n) is 2.22. The first-order valence-electron chi connectivity index (χ1n) is 6.42. The number of nitrogens with zero attached hydrogens (tertiary/aromatic N) is 1. The molecule has 0 spiro atoms. The number of hydrogen-bond acceptors (Lipinski definition) is 3. The fraction of sp³-hybridized carbons (Fsp3) is 0.500. The predicted molar refractivity (Wildman–Crippen MR) is 70.6 cm³/mol. The van der Waals surface area contributed by atoms with Crippen molar-refractivity contribution < 1.29 is 9.53 Å². The van der Waals surface area contributed by atoms with Crippen LogP contribution < -0.4 is 10.1 Å². The highest BCUT2D eigenvalue weighted by molar-refractivity contribution is 5.73. The van der Waals surface area contributed by atoms with Crippen LogP contribution in [0.2, 0.25) is 0 Å². The highest BCUT2D eigenvalue weighted by Crippen LogP contribution is 2.20. The highest BCUT2D eigenvalue weighted by atomic mass is 16.5. The van der Waals surface area contributed by atoms with Crippen molar-refractivity contribution in [2.45, 2.75) is 19.9 Å². The largest absolute Gasteiger partial charge is 0.494 e. The monoisotopic (exact) mass is 248 g/mol. The van der Waals surface area contributed by atoms with Crippen molar-refractivity contribution in [2.24, 2.45) is 0 Å². The van der Waals surface area contributed by atoms with Gasteiger partial charge < -0.3 is 15.0 Å². The van der Waals surface area contributed by atoms with Crippen LogP contribution in [0.25, 0.3) is 0 Å². The molecular weight excluding hydrogens is 228 g/mol. The molecule has 0 radical (unpaired) electrons. The molecule has 1 N–H and O–H groups in total. The van der Waals surface area contributed by atoms with Gasteiger partial charge in [-0.25, -0.2) is 0 Å². The zero-order valence-corrected chi connectivity index (χ0v) is 11.0. The van der Waals surface area contributed by atoms with Gasteiger partial charge in [0, 0.05) is 32.6 Å². The quantitative estimate of drug-likeness (QED) is 0.883. The van der Waals surface area contributed by atoms with Gasteiger partial charge in [-0.2, -0.15) is 0 Å². The van der Waals surface area contributed by atoms with Gasteiger partial charge >= 0.3 is 0 Å². The van der Waals surface area contributed by atoms with Crippen molar-refractivity contribution in [3.8, 4) is 5.75 Å². The van der Waals surface area contributed by atoms with Gasteiger partial charge in [-0.05, 0) is 24.6 Å². The lowest BCUT2D eigenvalue weighted by atomic mass is 10.0. The Labute approximate surface area is 108 Å². The molecule has 1 aliphatic rings.